The van der Waals surface area contributed by atoms with E-state index in [1.54, 1.807) is 24.3 Å². The Bertz CT molecular complexity index is 910. The minimum Gasteiger partial charge on any atom is -0.377 e. The Kier molecular flexibility index (Phi) is 6.16. The van der Waals surface area contributed by atoms with Gasteiger partial charge in [-0.05, 0) is 55.3 Å². The number of nitrogens with zero attached hydrogens (tertiary/aromatic N) is 1. The largest absolute Gasteiger partial charge is 0.377 e. The van der Waals surface area contributed by atoms with Gasteiger partial charge in [0.05, 0.1) is 11.0 Å². The standard InChI is InChI=1S/C19H21ClN2O4S/c1-22(13-17-6-3-11-26-17)27(24,25)18-9-7-14(8-10-18)19(23)21-16-5-2-4-15(20)12-16/h2,4-5,7-10,12,17H,3,6,11,13H2,1H3,(H,21,23). The first kappa shape index (κ1) is 19.8. The summed E-state index contributed by atoms with van der Waals surface area (Å²) in [7, 11) is -2.09. The van der Waals surface area contributed by atoms with E-state index in [1.807, 2.05) is 0 Å². The second-order valence-corrected chi connectivity index (χ2v) is 8.89. The summed E-state index contributed by atoms with van der Waals surface area (Å²) in [5, 5.41) is 3.25. The molecule has 1 aliphatic rings. The van der Waals surface area contributed by atoms with Gasteiger partial charge in [0.15, 0.2) is 0 Å². The Morgan fingerprint density at radius 2 is 2.00 bits per heavy atom. The molecule has 144 valence electrons. The van der Waals surface area contributed by atoms with Crippen molar-refractivity contribution < 1.29 is 17.9 Å². The van der Waals surface area contributed by atoms with E-state index in [-0.39, 0.29) is 16.9 Å². The fourth-order valence-corrected chi connectivity index (χ4v) is 4.29. The van der Waals surface area contributed by atoms with Gasteiger partial charge in [-0.2, -0.15) is 4.31 Å². The van der Waals surface area contributed by atoms with Gasteiger partial charge >= 0.3 is 0 Å². The molecule has 1 amide bonds. The molecule has 2 aromatic rings. The number of likely N-dealkylation sites (N-methyl/N-ethyl adjacent to an activating group) is 1. The fraction of sp³-hybridized carbons (Fsp3) is 0.316. The summed E-state index contributed by atoms with van der Waals surface area (Å²) in [6, 6.07) is 12.7. The number of ether oxygens (including phenoxy) is 1. The van der Waals surface area contributed by atoms with E-state index in [2.05, 4.69) is 5.32 Å². The molecule has 0 bridgehead atoms. The molecule has 2 aromatic carbocycles. The maximum Gasteiger partial charge on any atom is 0.255 e. The molecule has 1 atom stereocenters. The first-order valence-electron chi connectivity index (χ1n) is 8.61. The van der Waals surface area contributed by atoms with Gasteiger partial charge in [-0.15, -0.1) is 0 Å². The Hall–Kier alpha value is -1.93. The van der Waals surface area contributed by atoms with E-state index in [1.165, 1.54) is 35.6 Å². The second-order valence-electron chi connectivity index (χ2n) is 6.41. The van der Waals surface area contributed by atoms with Crippen molar-refractivity contribution in [1.82, 2.24) is 4.31 Å². The number of hydrogen-bond donors (Lipinski definition) is 1. The summed E-state index contributed by atoms with van der Waals surface area (Å²) in [6.45, 7) is 0.994. The molecule has 6 nitrogen and oxygen atoms in total. The number of benzene rings is 2. The van der Waals surface area contributed by atoms with Crippen LogP contribution in [-0.4, -0.2) is 44.9 Å². The maximum atomic E-state index is 12.7. The van der Waals surface area contributed by atoms with Crippen LogP contribution in [0.15, 0.2) is 53.4 Å². The summed E-state index contributed by atoms with van der Waals surface area (Å²) < 4.78 is 32.2. The summed E-state index contributed by atoms with van der Waals surface area (Å²) in [5.41, 5.74) is 0.927. The minimum atomic E-state index is -3.63. The molecule has 0 spiro atoms. The molecule has 0 aromatic heterocycles. The van der Waals surface area contributed by atoms with Crippen LogP contribution >= 0.6 is 11.6 Å². The average Bonchev–Trinajstić information content (AvgIpc) is 3.15. The number of amides is 1. The molecule has 1 aliphatic heterocycles. The second kappa shape index (κ2) is 8.39. The molecular weight excluding hydrogens is 388 g/mol. The van der Waals surface area contributed by atoms with Gasteiger partial charge in [0.25, 0.3) is 5.91 Å². The van der Waals surface area contributed by atoms with Crippen LogP contribution in [0.25, 0.3) is 0 Å². The van der Waals surface area contributed by atoms with Crippen LogP contribution in [0.4, 0.5) is 5.69 Å². The number of halogens is 1. The van der Waals surface area contributed by atoms with E-state index in [0.29, 0.717) is 29.4 Å². The number of sulfonamides is 1. The number of carbonyl (C=O) groups excluding carboxylic acids is 1. The van der Waals surface area contributed by atoms with E-state index >= 15 is 0 Å². The van der Waals surface area contributed by atoms with Crippen molar-refractivity contribution in [3.63, 3.8) is 0 Å². The number of rotatable bonds is 6. The highest BCUT2D eigenvalue weighted by molar-refractivity contribution is 7.89. The van der Waals surface area contributed by atoms with Gasteiger partial charge in [0.2, 0.25) is 10.0 Å². The summed E-state index contributed by atoms with van der Waals surface area (Å²) >= 11 is 5.90. The predicted molar refractivity (Wildman–Crippen MR) is 105 cm³/mol. The molecule has 0 saturated carbocycles. The first-order valence-corrected chi connectivity index (χ1v) is 10.4. The average molecular weight is 409 g/mol. The quantitative estimate of drug-likeness (QED) is 0.794. The zero-order valence-electron chi connectivity index (χ0n) is 14.9. The lowest BCUT2D eigenvalue weighted by atomic mass is 10.2. The number of anilines is 1. The first-order chi connectivity index (χ1) is 12.9. The van der Waals surface area contributed by atoms with Crippen molar-refractivity contribution in [3.05, 3.63) is 59.1 Å². The highest BCUT2D eigenvalue weighted by Gasteiger charge is 2.26. The zero-order chi connectivity index (χ0) is 19.4. The highest BCUT2D eigenvalue weighted by atomic mass is 35.5. The number of hydrogen-bond acceptors (Lipinski definition) is 4. The maximum absolute atomic E-state index is 12.7. The van der Waals surface area contributed by atoms with Gasteiger partial charge in [-0.1, -0.05) is 17.7 Å². The van der Waals surface area contributed by atoms with Crippen molar-refractivity contribution >= 4 is 33.2 Å². The van der Waals surface area contributed by atoms with Gasteiger partial charge in [0, 0.05) is 36.5 Å². The van der Waals surface area contributed by atoms with E-state index in [4.69, 9.17) is 16.3 Å². The molecule has 0 radical (unpaired) electrons. The van der Waals surface area contributed by atoms with Crippen molar-refractivity contribution in [2.45, 2.75) is 23.8 Å². The van der Waals surface area contributed by atoms with E-state index < -0.39 is 10.0 Å². The van der Waals surface area contributed by atoms with Crippen molar-refractivity contribution in [2.24, 2.45) is 0 Å². The molecule has 1 unspecified atom stereocenters. The van der Waals surface area contributed by atoms with Gasteiger partial charge in [-0.3, -0.25) is 4.79 Å². The van der Waals surface area contributed by atoms with Crippen LogP contribution in [0.5, 0.6) is 0 Å². The number of carbonyl (C=O) groups is 1. The normalized spacial score (nSPS) is 17.2. The third kappa shape index (κ3) is 4.87. The Labute approximate surface area is 164 Å². The van der Waals surface area contributed by atoms with E-state index in [0.717, 1.165) is 12.8 Å². The SMILES string of the molecule is CN(CC1CCCO1)S(=O)(=O)c1ccc(C(=O)Nc2cccc(Cl)c2)cc1. The summed E-state index contributed by atoms with van der Waals surface area (Å²) in [5.74, 6) is -0.339. The van der Waals surface area contributed by atoms with Crippen LogP contribution in [0, 0.1) is 0 Å². The minimum absolute atomic E-state index is 0.0625. The molecule has 1 saturated heterocycles. The molecule has 1 N–H and O–H groups in total. The molecule has 0 aliphatic carbocycles. The van der Waals surface area contributed by atoms with Crippen LogP contribution in [0.1, 0.15) is 23.2 Å². The molecule has 1 heterocycles. The molecular formula is C19H21ClN2O4S. The number of nitrogens with one attached hydrogen (secondary N) is 1. The Morgan fingerprint density at radius 1 is 1.26 bits per heavy atom. The lowest BCUT2D eigenvalue weighted by Crippen LogP contribution is -2.34. The van der Waals surface area contributed by atoms with Gasteiger partial charge < -0.3 is 10.1 Å². The Balaban J connectivity index is 1.69. The smallest absolute Gasteiger partial charge is 0.255 e. The van der Waals surface area contributed by atoms with E-state index in [9.17, 15) is 13.2 Å². The third-order valence-electron chi connectivity index (χ3n) is 4.39. The lowest BCUT2D eigenvalue weighted by molar-refractivity contribution is 0.0979. The molecule has 8 heteroatoms. The monoisotopic (exact) mass is 408 g/mol. The van der Waals surface area contributed by atoms with Gasteiger partial charge in [0.1, 0.15) is 0 Å². The van der Waals surface area contributed by atoms with Crippen molar-refractivity contribution in [1.29, 1.82) is 0 Å². The predicted octanol–water partition coefficient (Wildman–Crippen LogP) is 3.39. The zero-order valence-corrected chi connectivity index (χ0v) is 16.5. The molecule has 27 heavy (non-hydrogen) atoms. The molecule has 1 fully saturated rings. The van der Waals surface area contributed by atoms with Crippen LogP contribution in [0.2, 0.25) is 5.02 Å². The highest BCUT2D eigenvalue weighted by Crippen LogP contribution is 2.20. The van der Waals surface area contributed by atoms with Crippen LogP contribution in [-0.2, 0) is 14.8 Å². The third-order valence-corrected chi connectivity index (χ3v) is 6.46. The van der Waals surface area contributed by atoms with Crippen molar-refractivity contribution in [2.75, 3.05) is 25.5 Å². The van der Waals surface area contributed by atoms with Gasteiger partial charge in [-0.25, -0.2) is 8.42 Å². The Morgan fingerprint density at radius 3 is 2.63 bits per heavy atom. The van der Waals surface area contributed by atoms with Crippen LogP contribution in [0.3, 0.4) is 0 Å². The molecule has 3 rings (SSSR count). The topological polar surface area (TPSA) is 75.7 Å². The van der Waals surface area contributed by atoms with Crippen LogP contribution < -0.4 is 5.32 Å². The fourth-order valence-electron chi connectivity index (χ4n) is 2.90. The summed E-state index contributed by atoms with van der Waals surface area (Å²) in [4.78, 5) is 12.5. The summed E-state index contributed by atoms with van der Waals surface area (Å²) in [6.07, 6.45) is 1.75. The lowest BCUT2D eigenvalue weighted by Gasteiger charge is -2.20. The van der Waals surface area contributed by atoms with Crippen molar-refractivity contribution in [3.8, 4) is 0 Å².